The fourth-order valence-electron chi connectivity index (χ4n) is 0.768. The van der Waals surface area contributed by atoms with Crippen LogP contribution in [0.1, 0.15) is 6.92 Å². The third-order valence-corrected chi connectivity index (χ3v) is 1.65. The van der Waals surface area contributed by atoms with Crippen molar-refractivity contribution < 1.29 is 9.53 Å². The van der Waals surface area contributed by atoms with Crippen LogP contribution in [0.25, 0.3) is 0 Å². The van der Waals surface area contributed by atoms with Crippen molar-refractivity contribution in [3.8, 4) is 5.75 Å². The molecule has 0 aliphatic carbocycles. The topological polar surface area (TPSA) is 26.3 Å². The molecule has 1 rings (SSSR count). The van der Waals surface area contributed by atoms with Gasteiger partial charge in [-0.3, -0.25) is 4.79 Å². The summed E-state index contributed by atoms with van der Waals surface area (Å²) in [7, 11) is 0. The molecule has 0 saturated carbocycles. The molecule has 0 heterocycles. The molecule has 0 radical (unpaired) electrons. The Morgan fingerprint density at radius 1 is 1.50 bits per heavy atom. The van der Waals surface area contributed by atoms with Crippen molar-refractivity contribution in [1.82, 2.24) is 0 Å². The number of rotatable bonds is 3. The largest absolute Gasteiger partial charge is 0.482 e. The molecule has 0 aromatic heterocycles. The van der Waals surface area contributed by atoms with E-state index in [0.29, 0.717) is 10.8 Å². The lowest BCUT2D eigenvalue weighted by Gasteiger charge is -2.09. The van der Waals surface area contributed by atoms with Crippen LogP contribution < -0.4 is 4.74 Å². The molecule has 0 saturated heterocycles. The molecule has 3 heteroatoms. The van der Waals surface area contributed by atoms with Gasteiger partial charge in [-0.2, -0.15) is 0 Å². The van der Waals surface area contributed by atoms with Crippen molar-refractivity contribution in [1.29, 1.82) is 0 Å². The first-order chi connectivity index (χ1) is 5.74. The van der Waals surface area contributed by atoms with Gasteiger partial charge in [0.2, 0.25) is 0 Å². The standard InChI is InChI=1S/C9H9ClO2/c1-7(6-11)12-9-5-3-2-4-8(9)10/h2-7H,1H3. The average Bonchev–Trinajstić information content (AvgIpc) is 2.09. The van der Waals surface area contributed by atoms with Gasteiger partial charge in [0.15, 0.2) is 12.4 Å². The van der Waals surface area contributed by atoms with E-state index in [1.807, 2.05) is 0 Å². The average molecular weight is 185 g/mol. The van der Waals surface area contributed by atoms with Crippen molar-refractivity contribution in [2.75, 3.05) is 0 Å². The minimum absolute atomic E-state index is 0.454. The van der Waals surface area contributed by atoms with E-state index in [-0.39, 0.29) is 0 Å². The molecule has 1 unspecified atom stereocenters. The predicted molar refractivity (Wildman–Crippen MR) is 47.6 cm³/mol. The second kappa shape index (κ2) is 4.12. The summed E-state index contributed by atoms with van der Waals surface area (Å²) >= 11 is 5.78. The lowest BCUT2D eigenvalue weighted by atomic mass is 10.3. The van der Waals surface area contributed by atoms with Crippen LogP contribution in [0, 0.1) is 0 Å². The molecule has 0 bridgehead atoms. The summed E-state index contributed by atoms with van der Waals surface area (Å²) in [5, 5.41) is 0.520. The second-order valence-electron chi connectivity index (χ2n) is 2.39. The number of para-hydroxylation sites is 1. The zero-order valence-electron chi connectivity index (χ0n) is 6.66. The first-order valence-electron chi connectivity index (χ1n) is 3.60. The Morgan fingerprint density at radius 3 is 2.75 bits per heavy atom. The van der Waals surface area contributed by atoms with E-state index < -0.39 is 6.10 Å². The van der Waals surface area contributed by atoms with Crippen LogP contribution in [-0.2, 0) is 4.79 Å². The third-order valence-electron chi connectivity index (χ3n) is 1.34. The number of benzene rings is 1. The van der Waals surface area contributed by atoms with E-state index in [9.17, 15) is 4.79 Å². The molecule has 1 aromatic rings. The molecule has 1 atom stereocenters. The molecule has 64 valence electrons. The van der Waals surface area contributed by atoms with Crippen LogP contribution in [0.5, 0.6) is 5.75 Å². The summed E-state index contributed by atoms with van der Waals surface area (Å²) in [6, 6.07) is 7.05. The summed E-state index contributed by atoms with van der Waals surface area (Å²) in [6.07, 6.45) is 0.272. The summed E-state index contributed by atoms with van der Waals surface area (Å²) < 4.78 is 5.19. The van der Waals surface area contributed by atoms with Gasteiger partial charge in [0.25, 0.3) is 0 Å². The van der Waals surface area contributed by atoms with E-state index in [2.05, 4.69) is 0 Å². The van der Waals surface area contributed by atoms with Gasteiger partial charge in [-0.05, 0) is 19.1 Å². The number of carbonyl (C=O) groups excluding carboxylic acids is 1. The first-order valence-corrected chi connectivity index (χ1v) is 3.98. The van der Waals surface area contributed by atoms with Crippen LogP contribution in [0.3, 0.4) is 0 Å². The predicted octanol–water partition coefficient (Wildman–Crippen LogP) is 2.31. The molecule has 0 aliphatic rings. The lowest BCUT2D eigenvalue weighted by Crippen LogP contribution is -2.12. The summed E-state index contributed by atoms with van der Waals surface area (Å²) in [5.41, 5.74) is 0. The number of ether oxygens (including phenoxy) is 1. The zero-order chi connectivity index (χ0) is 8.97. The highest BCUT2D eigenvalue weighted by Gasteiger charge is 2.03. The quantitative estimate of drug-likeness (QED) is 0.674. The molecule has 1 aromatic carbocycles. The molecule has 2 nitrogen and oxygen atoms in total. The van der Waals surface area contributed by atoms with Crippen molar-refractivity contribution in [3.63, 3.8) is 0 Å². The van der Waals surface area contributed by atoms with Crippen molar-refractivity contribution >= 4 is 17.9 Å². The maximum Gasteiger partial charge on any atom is 0.160 e. The zero-order valence-corrected chi connectivity index (χ0v) is 7.41. The van der Waals surface area contributed by atoms with E-state index in [1.165, 1.54) is 0 Å². The maximum atomic E-state index is 10.3. The Labute approximate surface area is 76.1 Å². The van der Waals surface area contributed by atoms with Gasteiger partial charge in [0.05, 0.1) is 5.02 Å². The molecule has 12 heavy (non-hydrogen) atoms. The van der Waals surface area contributed by atoms with Gasteiger partial charge < -0.3 is 4.74 Å². The van der Waals surface area contributed by atoms with E-state index in [1.54, 1.807) is 31.2 Å². The molecular weight excluding hydrogens is 176 g/mol. The number of halogens is 1. The Kier molecular flexibility index (Phi) is 3.11. The van der Waals surface area contributed by atoms with Crippen LogP contribution in [0.15, 0.2) is 24.3 Å². The van der Waals surface area contributed by atoms with Crippen LogP contribution >= 0.6 is 11.6 Å². The van der Waals surface area contributed by atoms with Gasteiger partial charge in [-0.15, -0.1) is 0 Å². The number of carbonyl (C=O) groups is 1. The first kappa shape index (κ1) is 9.07. The fourth-order valence-corrected chi connectivity index (χ4v) is 0.949. The highest BCUT2D eigenvalue weighted by atomic mass is 35.5. The minimum Gasteiger partial charge on any atom is -0.482 e. The lowest BCUT2D eigenvalue weighted by molar-refractivity contribution is -0.113. The monoisotopic (exact) mass is 184 g/mol. The van der Waals surface area contributed by atoms with Crippen LogP contribution in [-0.4, -0.2) is 12.4 Å². The Bertz CT molecular complexity index is 273. The molecule has 0 spiro atoms. The number of aldehydes is 1. The van der Waals surface area contributed by atoms with Crippen LogP contribution in [0.4, 0.5) is 0 Å². The van der Waals surface area contributed by atoms with Crippen molar-refractivity contribution in [2.24, 2.45) is 0 Å². The van der Waals surface area contributed by atoms with Gasteiger partial charge >= 0.3 is 0 Å². The molecule has 0 aliphatic heterocycles. The summed E-state index contributed by atoms with van der Waals surface area (Å²) in [6.45, 7) is 1.66. The molecule has 0 fully saturated rings. The van der Waals surface area contributed by atoms with Gasteiger partial charge in [-0.1, -0.05) is 23.7 Å². The molecule has 0 amide bonds. The fraction of sp³-hybridized carbons (Fsp3) is 0.222. The highest BCUT2D eigenvalue weighted by molar-refractivity contribution is 6.32. The smallest absolute Gasteiger partial charge is 0.160 e. The van der Waals surface area contributed by atoms with Crippen molar-refractivity contribution in [3.05, 3.63) is 29.3 Å². The number of hydrogen-bond acceptors (Lipinski definition) is 2. The Balaban J connectivity index is 2.75. The van der Waals surface area contributed by atoms with Crippen LogP contribution in [0.2, 0.25) is 5.02 Å². The van der Waals surface area contributed by atoms with Gasteiger partial charge in [0, 0.05) is 0 Å². The summed E-state index contributed by atoms with van der Waals surface area (Å²) in [4.78, 5) is 10.3. The molecular formula is C9H9ClO2. The van der Waals surface area contributed by atoms with E-state index in [4.69, 9.17) is 16.3 Å². The maximum absolute atomic E-state index is 10.3. The van der Waals surface area contributed by atoms with E-state index >= 15 is 0 Å². The minimum atomic E-state index is -0.454. The number of hydrogen-bond donors (Lipinski definition) is 0. The second-order valence-corrected chi connectivity index (χ2v) is 2.80. The Morgan fingerprint density at radius 2 is 2.17 bits per heavy atom. The third kappa shape index (κ3) is 2.24. The Hall–Kier alpha value is -1.02. The van der Waals surface area contributed by atoms with E-state index in [0.717, 1.165) is 6.29 Å². The normalized spacial score (nSPS) is 12.2. The van der Waals surface area contributed by atoms with Gasteiger partial charge in [0.1, 0.15) is 5.75 Å². The van der Waals surface area contributed by atoms with Crippen molar-refractivity contribution in [2.45, 2.75) is 13.0 Å². The SMILES string of the molecule is CC(C=O)Oc1ccccc1Cl. The highest BCUT2D eigenvalue weighted by Crippen LogP contribution is 2.23. The van der Waals surface area contributed by atoms with Gasteiger partial charge in [-0.25, -0.2) is 0 Å². The molecule has 0 N–H and O–H groups in total. The summed E-state index contributed by atoms with van der Waals surface area (Å²) in [5.74, 6) is 0.541.